The van der Waals surface area contributed by atoms with E-state index >= 15 is 0 Å². The van der Waals surface area contributed by atoms with Crippen molar-refractivity contribution in [3.63, 3.8) is 0 Å². The molecule has 10 atom stereocenters. The Morgan fingerprint density at radius 1 is 0.677 bits per heavy atom. The summed E-state index contributed by atoms with van der Waals surface area (Å²) in [5.41, 5.74) is 6.10. The van der Waals surface area contributed by atoms with Gasteiger partial charge in [0.2, 0.25) is 11.8 Å². The Morgan fingerprint density at radius 3 is 1.60 bits per heavy atom. The lowest BCUT2D eigenvalue weighted by Gasteiger charge is -2.51. The van der Waals surface area contributed by atoms with Gasteiger partial charge in [0.15, 0.2) is 5.82 Å². The van der Waals surface area contributed by atoms with E-state index in [1.165, 1.54) is 0 Å². The lowest BCUT2D eigenvalue weighted by atomic mass is 9.73. The molecule has 12 rings (SSSR count). The summed E-state index contributed by atoms with van der Waals surface area (Å²) in [6.07, 6.45) is 15.2. The number of rotatable bonds is 15. The molecule has 0 amide bonds. The molecule has 10 heteroatoms. The second kappa shape index (κ2) is 18.3. The van der Waals surface area contributed by atoms with E-state index in [4.69, 9.17) is 38.9 Å². The smallest absolute Gasteiger partial charge is 0.229 e. The fraction of sp³-hybridized carbons (Fsp3) is 0.345. The fourth-order valence-electron chi connectivity index (χ4n) is 11.3. The molecule has 3 aromatic heterocycles. The Hall–Kier alpha value is -6.36. The van der Waals surface area contributed by atoms with Crippen LogP contribution < -0.4 is 18.9 Å². The largest absolute Gasteiger partial charge is 0.497 e. The van der Waals surface area contributed by atoms with Crippen molar-refractivity contribution in [2.24, 2.45) is 23.7 Å². The molecule has 0 spiro atoms. The molecule has 0 saturated carbocycles. The molecule has 6 aliphatic rings. The van der Waals surface area contributed by atoms with E-state index in [0.29, 0.717) is 46.8 Å². The SMILES string of the molecule is C=C/C(=C\C)c1c(OC(c2ccnc3ccc(OC)cc23)[C@H]2C[C@@H]3CCN2C[C@@H]3C=C)nc(-c2ccccc2)nc1O[C@@H](c1ccnc2ccc(OC)cc12)[C@H]1C[C@@H]2CCN1C[C@@H]2C=C. The Morgan fingerprint density at radius 2 is 1.18 bits per heavy atom. The van der Waals surface area contributed by atoms with Crippen molar-refractivity contribution in [3.05, 3.63) is 152 Å². The Kier molecular flexibility index (Phi) is 12.0. The van der Waals surface area contributed by atoms with Gasteiger partial charge in [-0.15, -0.1) is 13.2 Å². The first-order chi connectivity index (χ1) is 31.9. The predicted molar refractivity (Wildman–Crippen MR) is 258 cm³/mol. The van der Waals surface area contributed by atoms with Gasteiger partial charge in [0, 0.05) is 52.9 Å². The van der Waals surface area contributed by atoms with Crippen LogP contribution in [0, 0.1) is 23.7 Å². The summed E-state index contributed by atoms with van der Waals surface area (Å²) >= 11 is 0. The highest BCUT2D eigenvalue weighted by molar-refractivity contribution is 5.85. The van der Waals surface area contributed by atoms with E-state index in [0.717, 1.165) is 107 Å². The molecular weight excluding hydrogens is 809 g/mol. The molecule has 0 N–H and O–H groups in total. The number of pyridine rings is 2. The van der Waals surface area contributed by atoms with E-state index in [9.17, 15) is 0 Å². The van der Waals surface area contributed by atoms with E-state index in [1.54, 1.807) is 14.2 Å². The molecule has 10 nitrogen and oxygen atoms in total. The standard InChI is InChI=1S/C55H58N6O4/c1-7-34(8-2)50-54(64-51(48-28-38-22-26-60(48)32-35(38)9-3)42-20-24-56-46-18-16-40(62-5)30-44(42)46)58-53(37-14-12-11-13-15-37)59-55(50)65-52(49-29-39-23-27-61(49)33-36(39)10-4)43-21-25-57-47-19-17-41(63-6)31-45(43)47/h7-21,24-25,30-31,35-36,38-39,48-49,51-52H,1,3-4,22-23,26-29,32-33H2,2,5-6H3/b34-8+/t35-,36-,38-,39-,48+,49+,51-,52?/m0/s1. The molecule has 0 aliphatic carbocycles. The van der Waals surface area contributed by atoms with Crippen LogP contribution >= 0.6 is 0 Å². The topological polar surface area (TPSA) is 95.0 Å². The van der Waals surface area contributed by atoms with E-state index < -0.39 is 12.2 Å². The Labute approximate surface area is 382 Å². The van der Waals surface area contributed by atoms with Crippen LogP contribution in [0.15, 0.2) is 135 Å². The minimum absolute atomic E-state index is 0.0428. The number of hydrogen-bond donors (Lipinski definition) is 0. The zero-order valence-electron chi connectivity index (χ0n) is 37.7. The molecule has 332 valence electrons. The molecule has 6 aromatic rings. The van der Waals surface area contributed by atoms with Crippen molar-refractivity contribution < 1.29 is 18.9 Å². The quantitative estimate of drug-likeness (QED) is 0.0733. The maximum atomic E-state index is 7.67. The average molecular weight is 867 g/mol. The molecule has 0 radical (unpaired) electrons. The van der Waals surface area contributed by atoms with Crippen molar-refractivity contribution in [1.82, 2.24) is 29.7 Å². The summed E-state index contributed by atoms with van der Waals surface area (Å²) in [5.74, 6) is 4.73. The first kappa shape index (κ1) is 42.6. The van der Waals surface area contributed by atoms with Gasteiger partial charge < -0.3 is 18.9 Å². The summed E-state index contributed by atoms with van der Waals surface area (Å²) in [7, 11) is 3.40. The Balaban J connectivity index is 1.19. The third-order valence-corrected chi connectivity index (χ3v) is 14.8. The number of allylic oxidation sites excluding steroid dienone is 3. The third-order valence-electron chi connectivity index (χ3n) is 14.8. The van der Waals surface area contributed by atoms with Gasteiger partial charge in [-0.1, -0.05) is 61.2 Å². The third kappa shape index (κ3) is 7.97. The zero-order valence-corrected chi connectivity index (χ0v) is 37.7. The first-order valence-electron chi connectivity index (χ1n) is 23.1. The highest BCUT2D eigenvalue weighted by atomic mass is 16.5. The molecule has 6 saturated heterocycles. The average Bonchev–Trinajstić information content (AvgIpc) is 3.37. The summed E-state index contributed by atoms with van der Waals surface area (Å²) in [5, 5.41) is 1.95. The van der Waals surface area contributed by atoms with Crippen LogP contribution in [0.4, 0.5) is 0 Å². The minimum atomic E-state index is -0.447. The maximum absolute atomic E-state index is 7.67. The Bertz CT molecular complexity index is 2620. The molecule has 65 heavy (non-hydrogen) atoms. The molecule has 6 fully saturated rings. The van der Waals surface area contributed by atoms with Crippen LogP contribution in [0.2, 0.25) is 0 Å². The monoisotopic (exact) mass is 866 g/mol. The van der Waals surface area contributed by atoms with Gasteiger partial charge in [0.25, 0.3) is 0 Å². The second-order valence-electron chi connectivity index (χ2n) is 18.0. The van der Waals surface area contributed by atoms with Gasteiger partial charge in [0.1, 0.15) is 29.3 Å². The highest BCUT2D eigenvalue weighted by Gasteiger charge is 2.46. The zero-order chi connectivity index (χ0) is 44.6. The minimum Gasteiger partial charge on any atom is -0.497 e. The van der Waals surface area contributed by atoms with Gasteiger partial charge >= 0.3 is 0 Å². The lowest BCUT2D eigenvalue weighted by molar-refractivity contribution is -0.0392. The number of nitrogens with zero attached hydrogens (tertiary/aromatic N) is 6. The number of ether oxygens (including phenoxy) is 4. The highest BCUT2D eigenvalue weighted by Crippen LogP contribution is 2.48. The number of methoxy groups -OCH3 is 2. The molecular formula is C55H58N6O4. The molecule has 3 unspecified atom stereocenters. The first-order valence-corrected chi connectivity index (χ1v) is 23.1. The molecule has 3 aromatic carbocycles. The van der Waals surface area contributed by atoms with Gasteiger partial charge in [-0.3, -0.25) is 19.8 Å². The molecule has 6 aliphatic heterocycles. The van der Waals surface area contributed by atoms with E-state index in [1.807, 2.05) is 86.1 Å². The van der Waals surface area contributed by atoms with Crippen molar-refractivity contribution >= 4 is 27.4 Å². The number of hydrogen-bond acceptors (Lipinski definition) is 10. The summed E-state index contributed by atoms with van der Waals surface area (Å²) < 4.78 is 26.9. The van der Waals surface area contributed by atoms with Crippen molar-refractivity contribution in [2.45, 2.75) is 56.9 Å². The second-order valence-corrected chi connectivity index (χ2v) is 18.0. The molecule has 9 heterocycles. The molecule has 4 bridgehead atoms. The lowest BCUT2D eigenvalue weighted by Crippen LogP contribution is -2.55. The summed E-state index contributed by atoms with van der Waals surface area (Å²) in [6.45, 7) is 18.6. The van der Waals surface area contributed by atoms with Crippen molar-refractivity contribution in [1.29, 1.82) is 0 Å². The normalized spacial score (nSPS) is 25.7. The fourth-order valence-corrected chi connectivity index (χ4v) is 11.3. The summed E-state index contributed by atoms with van der Waals surface area (Å²) in [4.78, 5) is 25.6. The van der Waals surface area contributed by atoms with Gasteiger partial charge in [-0.25, -0.2) is 0 Å². The van der Waals surface area contributed by atoms with Gasteiger partial charge in [0.05, 0.1) is 37.3 Å². The van der Waals surface area contributed by atoms with Crippen LogP contribution in [0.25, 0.3) is 38.8 Å². The van der Waals surface area contributed by atoms with Crippen LogP contribution in [-0.4, -0.2) is 82.2 Å². The number of aromatic nitrogens is 4. The van der Waals surface area contributed by atoms with Crippen LogP contribution in [0.1, 0.15) is 61.5 Å². The summed E-state index contributed by atoms with van der Waals surface area (Å²) in [6, 6.07) is 26.5. The maximum Gasteiger partial charge on any atom is 0.229 e. The van der Waals surface area contributed by atoms with Crippen molar-refractivity contribution in [2.75, 3.05) is 40.4 Å². The number of piperidine rings is 6. The van der Waals surface area contributed by atoms with Crippen LogP contribution in [-0.2, 0) is 0 Å². The number of fused-ring (bicyclic) bond motifs is 8. The van der Waals surface area contributed by atoms with Crippen molar-refractivity contribution in [3.8, 4) is 34.6 Å². The number of benzene rings is 3. The van der Waals surface area contributed by atoms with E-state index in [2.05, 4.69) is 66.0 Å². The van der Waals surface area contributed by atoms with Gasteiger partial charge in [-0.05, 0) is 123 Å². The van der Waals surface area contributed by atoms with Crippen LogP contribution in [0.5, 0.6) is 23.3 Å². The predicted octanol–water partition coefficient (Wildman–Crippen LogP) is 10.9. The van der Waals surface area contributed by atoms with Crippen LogP contribution in [0.3, 0.4) is 0 Å². The van der Waals surface area contributed by atoms with Gasteiger partial charge in [-0.2, -0.15) is 9.97 Å². The van der Waals surface area contributed by atoms with E-state index in [-0.39, 0.29) is 12.1 Å².